The standard InChI is InChI=1S/C16H17NO3S2/c18-16(14-7-9-22(19,20)12-14)17(10-13-6-8-21-11-13)15-4-2-1-3-5-15/h1-6,8,11,14H,7,9-10,12H2. The smallest absolute Gasteiger partial charge is 0.231 e. The van der Waals surface area contributed by atoms with Crippen molar-refractivity contribution in [2.45, 2.75) is 13.0 Å². The molecule has 4 nitrogen and oxygen atoms in total. The molecule has 1 unspecified atom stereocenters. The van der Waals surface area contributed by atoms with Crippen molar-refractivity contribution in [3.05, 3.63) is 52.7 Å². The number of carbonyl (C=O) groups is 1. The fraction of sp³-hybridized carbons (Fsp3) is 0.312. The minimum atomic E-state index is -3.06. The van der Waals surface area contributed by atoms with Crippen LogP contribution in [0.4, 0.5) is 5.69 Å². The van der Waals surface area contributed by atoms with Crippen LogP contribution in [0.2, 0.25) is 0 Å². The molecule has 2 heterocycles. The average molecular weight is 335 g/mol. The first-order valence-corrected chi connectivity index (χ1v) is 9.89. The Morgan fingerprint density at radius 1 is 1.23 bits per heavy atom. The Balaban J connectivity index is 1.86. The van der Waals surface area contributed by atoms with E-state index in [9.17, 15) is 13.2 Å². The summed E-state index contributed by atoms with van der Waals surface area (Å²) in [5.74, 6) is -0.439. The predicted octanol–water partition coefficient (Wildman–Crippen LogP) is 2.72. The summed E-state index contributed by atoms with van der Waals surface area (Å²) in [4.78, 5) is 14.5. The van der Waals surface area contributed by atoms with Gasteiger partial charge >= 0.3 is 0 Å². The van der Waals surface area contributed by atoms with Crippen molar-refractivity contribution in [2.75, 3.05) is 16.4 Å². The molecule has 2 aromatic rings. The molecule has 1 aromatic carbocycles. The second-order valence-corrected chi connectivity index (χ2v) is 8.50. The van der Waals surface area contributed by atoms with Crippen molar-refractivity contribution in [2.24, 2.45) is 5.92 Å². The van der Waals surface area contributed by atoms with Crippen molar-refractivity contribution in [3.8, 4) is 0 Å². The lowest BCUT2D eigenvalue weighted by Crippen LogP contribution is -2.36. The molecule has 1 aliphatic heterocycles. The first kappa shape index (κ1) is 15.2. The molecule has 0 N–H and O–H groups in total. The van der Waals surface area contributed by atoms with E-state index in [0.717, 1.165) is 11.3 Å². The average Bonchev–Trinajstić information content (AvgIpc) is 3.14. The maximum Gasteiger partial charge on any atom is 0.231 e. The highest BCUT2D eigenvalue weighted by atomic mass is 32.2. The molecule has 0 spiro atoms. The molecule has 1 fully saturated rings. The van der Waals surface area contributed by atoms with Crippen LogP contribution in [0.5, 0.6) is 0 Å². The third kappa shape index (κ3) is 3.39. The zero-order valence-electron chi connectivity index (χ0n) is 12.0. The summed E-state index contributed by atoms with van der Waals surface area (Å²) < 4.78 is 23.3. The normalized spacial score (nSPS) is 19.9. The maximum atomic E-state index is 12.8. The summed E-state index contributed by atoms with van der Waals surface area (Å²) in [6.07, 6.45) is 0.425. The van der Waals surface area contributed by atoms with E-state index in [1.807, 2.05) is 47.2 Å². The van der Waals surface area contributed by atoms with Crippen molar-refractivity contribution < 1.29 is 13.2 Å². The van der Waals surface area contributed by atoms with Gasteiger partial charge < -0.3 is 4.90 Å². The topological polar surface area (TPSA) is 54.5 Å². The molecule has 1 aliphatic rings. The Bertz CT molecular complexity index is 739. The van der Waals surface area contributed by atoms with Crippen LogP contribution in [0.1, 0.15) is 12.0 Å². The van der Waals surface area contributed by atoms with E-state index in [0.29, 0.717) is 13.0 Å². The number of hydrogen-bond donors (Lipinski definition) is 0. The third-order valence-corrected chi connectivity index (χ3v) is 6.34. The predicted molar refractivity (Wildman–Crippen MR) is 88.7 cm³/mol. The maximum absolute atomic E-state index is 12.8. The Labute approximate surface area is 134 Å². The van der Waals surface area contributed by atoms with E-state index in [2.05, 4.69) is 0 Å². The number of nitrogens with zero attached hydrogens (tertiary/aromatic N) is 1. The molecule has 0 saturated carbocycles. The number of hydrogen-bond acceptors (Lipinski definition) is 4. The second-order valence-electron chi connectivity index (χ2n) is 5.49. The van der Waals surface area contributed by atoms with E-state index in [1.54, 1.807) is 16.2 Å². The fourth-order valence-corrected chi connectivity index (χ4v) is 5.07. The molecule has 1 amide bonds. The Kier molecular flexibility index (Phi) is 4.31. The fourth-order valence-electron chi connectivity index (χ4n) is 2.68. The van der Waals surface area contributed by atoms with Gasteiger partial charge in [0.25, 0.3) is 0 Å². The molecule has 3 rings (SSSR count). The first-order chi connectivity index (χ1) is 10.6. The van der Waals surface area contributed by atoms with Crippen LogP contribution < -0.4 is 4.90 Å². The van der Waals surface area contributed by atoms with Crippen LogP contribution in [0.15, 0.2) is 47.2 Å². The second kappa shape index (κ2) is 6.22. The summed E-state index contributed by atoms with van der Waals surface area (Å²) in [6, 6.07) is 11.4. The molecule has 116 valence electrons. The van der Waals surface area contributed by atoms with Gasteiger partial charge in [0, 0.05) is 5.69 Å². The highest BCUT2D eigenvalue weighted by molar-refractivity contribution is 7.91. The summed E-state index contributed by atoms with van der Waals surface area (Å²) in [5.41, 5.74) is 1.87. The van der Waals surface area contributed by atoms with Crippen LogP contribution in [-0.2, 0) is 21.2 Å². The molecular formula is C16H17NO3S2. The van der Waals surface area contributed by atoms with E-state index in [1.165, 1.54) is 0 Å². The van der Waals surface area contributed by atoms with Gasteiger partial charge in [-0.3, -0.25) is 4.79 Å². The van der Waals surface area contributed by atoms with Gasteiger partial charge in [0.05, 0.1) is 24.0 Å². The van der Waals surface area contributed by atoms with Gasteiger partial charge in [-0.25, -0.2) is 8.42 Å². The van der Waals surface area contributed by atoms with Crippen molar-refractivity contribution in [1.82, 2.24) is 0 Å². The Morgan fingerprint density at radius 3 is 2.59 bits per heavy atom. The van der Waals surface area contributed by atoms with Crippen LogP contribution in [0, 0.1) is 5.92 Å². The zero-order valence-corrected chi connectivity index (χ0v) is 13.6. The lowest BCUT2D eigenvalue weighted by molar-refractivity contribution is -0.121. The van der Waals surface area contributed by atoms with Crippen LogP contribution in [0.3, 0.4) is 0 Å². The number of para-hydroxylation sites is 1. The highest BCUT2D eigenvalue weighted by Crippen LogP contribution is 2.26. The molecule has 0 radical (unpaired) electrons. The minimum Gasteiger partial charge on any atom is -0.308 e. The van der Waals surface area contributed by atoms with E-state index in [4.69, 9.17) is 0 Å². The number of sulfone groups is 1. The number of rotatable bonds is 4. The van der Waals surface area contributed by atoms with Gasteiger partial charge in [-0.1, -0.05) is 18.2 Å². The largest absolute Gasteiger partial charge is 0.308 e. The van der Waals surface area contributed by atoms with Crippen molar-refractivity contribution in [3.63, 3.8) is 0 Å². The molecule has 1 saturated heterocycles. The molecule has 0 aliphatic carbocycles. The van der Waals surface area contributed by atoms with E-state index in [-0.39, 0.29) is 17.4 Å². The highest BCUT2D eigenvalue weighted by Gasteiger charge is 2.35. The van der Waals surface area contributed by atoms with Gasteiger partial charge in [0.1, 0.15) is 0 Å². The summed E-state index contributed by atoms with van der Waals surface area (Å²) in [5, 5.41) is 3.98. The number of amides is 1. The molecule has 6 heteroatoms. The van der Waals surface area contributed by atoms with Crippen LogP contribution in [-0.4, -0.2) is 25.8 Å². The van der Waals surface area contributed by atoms with Crippen molar-refractivity contribution >= 4 is 32.8 Å². The van der Waals surface area contributed by atoms with Crippen molar-refractivity contribution in [1.29, 1.82) is 0 Å². The van der Waals surface area contributed by atoms with E-state index < -0.39 is 15.8 Å². The van der Waals surface area contributed by atoms with Gasteiger partial charge in [-0.15, -0.1) is 0 Å². The molecule has 0 bridgehead atoms. The molecule has 22 heavy (non-hydrogen) atoms. The van der Waals surface area contributed by atoms with Gasteiger partial charge in [0.2, 0.25) is 5.91 Å². The summed E-state index contributed by atoms with van der Waals surface area (Å²) in [6.45, 7) is 0.475. The number of anilines is 1. The SMILES string of the molecule is O=C(C1CCS(=O)(=O)C1)N(Cc1ccsc1)c1ccccc1. The van der Waals surface area contributed by atoms with Crippen LogP contribution in [0.25, 0.3) is 0 Å². The quantitative estimate of drug-likeness (QED) is 0.863. The first-order valence-electron chi connectivity index (χ1n) is 7.13. The number of thiophene rings is 1. The van der Waals surface area contributed by atoms with Crippen LogP contribution >= 0.6 is 11.3 Å². The zero-order chi connectivity index (χ0) is 15.6. The summed E-state index contributed by atoms with van der Waals surface area (Å²) in [7, 11) is -3.06. The lowest BCUT2D eigenvalue weighted by Gasteiger charge is -2.25. The Hall–Kier alpha value is -1.66. The minimum absolute atomic E-state index is 0.0290. The Morgan fingerprint density at radius 2 is 2.00 bits per heavy atom. The number of benzene rings is 1. The van der Waals surface area contributed by atoms with Gasteiger partial charge in [-0.2, -0.15) is 11.3 Å². The molecule has 1 aromatic heterocycles. The number of carbonyl (C=O) groups excluding carboxylic acids is 1. The molecule has 1 atom stereocenters. The lowest BCUT2D eigenvalue weighted by atomic mass is 10.1. The van der Waals surface area contributed by atoms with Gasteiger partial charge in [0.15, 0.2) is 9.84 Å². The van der Waals surface area contributed by atoms with E-state index >= 15 is 0 Å². The third-order valence-electron chi connectivity index (χ3n) is 3.84. The summed E-state index contributed by atoms with van der Waals surface area (Å²) >= 11 is 1.59. The monoisotopic (exact) mass is 335 g/mol. The molecular weight excluding hydrogens is 318 g/mol. The van der Waals surface area contributed by atoms with Gasteiger partial charge in [-0.05, 0) is 40.9 Å².